The van der Waals surface area contributed by atoms with Crippen LogP contribution in [0.3, 0.4) is 0 Å². The predicted octanol–water partition coefficient (Wildman–Crippen LogP) is 4.79. The first-order chi connectivity index (χ1) is 12.5. The summed E-state index contributed by atoms with van der Waals surface area (Å²) < 4.78 is 28.0. The molecule has 0 amide bonds. The highest BCUT2D eigenvalue weighted by molar-refractivity contribution is 7.89. The molecule has 0 aliphatic rings. The molecule has 0 unspecified atom stereocenters. The lowest BCUT2D eigenvalue weighted by Gasteiger charge is -2.26. The van der Waals surface area contributed by atoms with E-state index >= 15 is 0 Å². The second-order valence-electron chi connectivity index (χ2n) is 8.24. The molecular formula is C21H29NO3SSi. The SMILES string of the molecule is C=C(CN(Cc1ccc(O)cc1)S(=O)(=O)c1ccc(C)cc1)C[Si](C)(C)C. The molecule has 0 saturated heterocycles. The molecular weight excluding hydrogens is 374 g/mol. The van der Waals surface area contributed by atoms with Crippen LogP contribution in [0.5, 0.6) is 5.75 Å². The first kappa shape index (κ1) is 21.4. The molecule has 0 aliphatic carbocycles. The Balaban J connectivity index is 2.34. The number of phenolic OH excluding ortho intramolecular Hbond substituents is 1. The van der Waals surface area contributed by atoms with Crippen molar-refractivity contribution in [2.45, 2.75) is 44.0 Å². The van der Waals surface area contributed by atoms with Crippen LogP contribution in [-0.2, 0) is 16.6 Å². The maximum absolute atomic E-state index is 13.3. The van der Waals surface area contributed by atoms with Crippen LogP contribution in [0.4, 0.5) is 0 Å². The van der Waals surface area contributed by atoms with Gasteiger partial charge in [-0.3, -0.25) is 0 Å². The Kier molecular flexibility index (Phi) is 6.67. The minimum Gasteiger partial charge on any atom is -0.508 e. The molecule has 146 valence electrons. The highest BCUT2D eigenvalue weighted by atomic mass is 32.2. The van der Waals surface area contributed by atoms with Gasteiger partial charge in [-0.15, -0.1) is 0 Å². The summed E-state index contributed by atoms with van der Waals surface area (Å²) >= 11 is 0. The van der Waals surface area contributed by atoms with E-state index in [9.17, 15) is 13.5 Å². The molecule has 6 heteroatoms. The minimum atomic E-state index is -3.65. The van der Waals surface area contributed by atoms with Crippen LogP contribution < -0.4 is 0 Å². The Labute approximate surface area is 164 Å². The van der Waals surface area contributed by atoms with Crippen LogP contribution in [0.2, 0.25) is 25.7 Å². The van der Waals surface area contributed by atoms with Gasteiger partial charge in [0.15, 0.2) is 0 Å². The highest BCUT2D eigenvalue weighted by Gasteiger charge is 2.26. The van der Waals surface area contributed by atoms with Gasteiger partial charge in [-0.05, 0) is 42.8 Å². The van der Waals surface area contributed by atoms with Gasteiger partial charge in [0.25, 0.3) is 0 Å². The van der Waals surface area contributed by atoms with Crippen LogP contribution in [0, 0.1) is 6.92 Å². The van der Waals surface area contributed by atoms with Gasteiger partial charge < -0.3 is 5.11 Å². The summed E-state index contributed by atoms with van der Waals surface area (Å²) in [5.74, 6) is 0.162. The van der Waals surface area contributed by atoms with E-state index in [2.05, 4.69) is 26.2 Å². The first-order valence-electron chi connectivity index (χ1n) is 8.99. The van der Waals surface area contributed by atoms with Crippen molar-refractivity contribution in [3.05, 3.63) is 71.8 Å². The minimum absolute atomic E-state index is 0.162. The molecule has 0 saturated carbocycles. The Hall–Kier alpha value is -1.89. The van der Waals surface area contributed by atoms with Gasteiger partial charge in [-0.2, -0.15) is 4.31 Å². The van der Waals surface area contributed by atoms with Crippen LogP contribution >= 0.6 is 0 Å². The van der Waals surface area contributed by atoms with Crippen molar-refractivity contribution >= 4 is 18.1 Å². The largest absolute Gasteiger partial charge is 0.508 e. The van der Waals surface area contributed by atoms with Gasteiger partial charge in [-0.1, -0.05) is 61.6 Å². The number of nitrogens with zero attached hydrogens (tertiary/aromatic N) is 1. The standard InChI is InChI=1S/C21H29NO3SSi/c1-17-6-12-21(13-7-17)26(24,25)22(14-18(2)16-27(3,4)5)15-19-8-10-20(23)11-9-19/h6-13,23H,2,14-16H2,1,3-5H3. The lowest BCUT2D eigenvalue weighted by Crippen LogP contribution is -2.34. The number of hydrogen-bond donors (Lipinski definition) is 1. The molecule has 1 N–H and O–H groups in total. The molecule has 0 aromatic heterocycles. The average molecular weight is 404 g/mol. The number of phenols is 1. The van der Waals surface area contributed by atoms with Crippen molar-refractivity contribution in [3.8, 4) is 5.75 Å². The van der Waals surface area contributed by atoms with E-state index in [0.29, 0.717) is 6.54 Å². The van der Waals surface area contributed by atoms with Gasteiger partial charge in [-0.25, -0.2) is 8.42 Å². The summed E-state index contributed by atoms with van der Waals surface area (Å²) in [6, 6.07) is 14.4. The Morgan fingerprint density at radius 2 is 1.59 bits per heavy atom. The maximum atomic E-state index is 13.3. The van der Waals surface area contributed by atoms with E-state index in [1.807, 2.05) is 19.1 Å². The van der Waals surface area contributed by atoms with Gasteiger partial charge >= 0.3 is 0 Å². The van der Waals surface area contributed by atoms with Crippen molar-refractivity contribution in [2.24, 2.45) is 0 Å². The third-order valence-corrected chi connectivity index (χ3v) is 7.50. The van der Waals surface area contributed by atoms with Crippen LogP contribution in [0.25, 0.3) is 0 Å². The smallest absolute Gasteiger partial charge is 0.243 e. The lowest BCUT2D eigenvalue weighted by atomic mass is 10.2. The Bertz CT molecular complexity index is 883. The molecule has 2 aromatic rings. The molecule has 2 rings (SSSR count). The number of aryl methyl sites for hydroxylation is 1. The predicted molar refractivity (Wildman–Crippen MR) is 114 cm³/mol. The summed E-state index contributed by atoms with van der Waals surface area (Å²) in [6.45, 7) is 13.3. The van der Waals surface area contributed by atoms with Crippen LogP contribution in [-0.4, -0.2) is 32.4 Å². The van der Waals surface area contributed by atoms with E-state index in [-0.39, 0.29) is 17.2 Å². The van der Waals surface area contributed by atoms with Crippen molar-refractivity contribution in [3.63, 3.8) is 0 Å². The fraction of sp³-hybridized carbons (Fsp3) is 0.333. The first-order valence-corrected chi connectivity index (χ1v) is 14.1. The Morgan fingerprint density at radius 3 is 2.11 bits per heavy atom. The number of sulfonamides is 1. The maximum Gasteiger partial charge on any atom is 0.243 e. The average Bonchev–Trinajstić information content (AvgIpc) is 2.55. The summed E-state index contributed by atoms with van der Waals surface area (Å²) in [5.41, 5.74) is 2.77. The highest BCUT2D eigenvalue weighted by Crippen LogP contribution is 2.23. The molecule has 0 radical (unpaired) electrons. The molecule has 27 heavy (non-hydrogen) atoms. The molecule has 0 bridgehead atoms. The molecule has 2 aromatic carbocycles. The number of rotatable bonds is 8. The number of aromatic hydroxyl groups is 1. The van der Waals surface area contributed by atoms with Crippen molar-refractivity contribution in [1.82, 2.24) is 4.31 Å². The fourth-order valence-corrected chi connectivity index (χ4v) is 6.01. The quantitative estimate of drug-likeness (QED) is 0.509. The van der Waals surface area contributed by atoms with E-state index in [4.69, 9.17) is 0 Å². The second kappa shape index (κ2) is 8.42. The monoisotopic (exact) mass is 403 g/mol. The van der Waals surface area contributed by atoms with Gasteiger partial charge in [0.2, 0.25) is 10.0 Å². The van der Waals surface area contributed by atoms with Gasteiger partial charge in [0, 0.05) is 21.2 Å². The summed E-state index contributed by atoms with van der Waals surface area (Å²) in [4.78, 5) is 0.285. The zero-order valence-electron chi connectivity index (χ0n) is 16.6. The number of benzene rings is 2. The van der Waals surface area contributed by atoms with E-state index < -0.39 is 18.1 Å². The molecule has 0 atom stereocenters. The van der Waals surface area contributed by atoms with Crippen molar-refractivity contribution in [1.29, 1.82) is 0 Å². The van der Waals surface area contributed by atoms with Gasteiger partial charge in [0.1, 0.15) is 5.75 Å². The van der Waals surface area contributed by atoms with E-state index in [1.54, 1.807) is 36.4 Å². The van der Waals surface area contributed by atoms with Crippen molar-refractivity contribution < 1.29 is 13.5 Å². The molecule has 0 fully saturated rings. The topological polar surface area (TPSA) is 57.6 Å². The zero-order valence-corrected chi connectivity index (χ0v) is 18.4. The zero-order chi connectivity index (χ0) is 20.2. The fourth-order valence-electron chi connectivity index (χ4n) is 2.95. The molecule has 0 heterocycles. The normalized spacial score (nSPS) is 12.3. The third-order valence-electron chi connectivity index (χ3n) is 4.13. The molecule has 0 aliphatic heterocycles. The van der Waals surface area contributed by atoms with E-state index in [1.165, 1.54) is 4.31 Å². The second-order valence-corrected chi connectivity index (χ2v) is 15.7. The van der Waals surface area contributed by atoms with Gasteiger partial charge in [0.05, 0.1) is 4.90 Å². The molecule has 4 nitrogen and oxygen atoms in total. The lowest BCUT2D eigenvalue weighted by molar-refractivity contribution is 0.430. The summed E-state index contributed by atoms with van der Waals surface area (Å²) in [7, 11) is -5.04. The third kappa shape index (κ3) is 6.34. The Morgan fingerprint density at radius 1 is 1.04 bits per heavy atom. The summed E-state index contributed by atoms with van der Waals surface area (Å²) in [5, 5.41) is 9.49. The molecule has 0 spiro atoms. The van der Waals surface area contributed by atoms with Crippen LogP contribution in [0.1, 0.15) is 11.1 Å². The summed E-state index contributed by atoms with van der Waals surface area (Å²) in [6.07, 6.45) is 0. The number of hydrogen-bond acceptors (Lipinski definition) is 3. The van der Waals surface area contributed by atoms with E-state index in [0.717, 1.165) is 22.7 Å². The van der Waals surface area contributed by atoms with Crippen molar-refractivity contribution in [2.75, 3.05) is 6.54 Å². The van der Waals surface area contributed by atoms with Crippen LogP contribution in [0.15, 0.2) is 65.6 Å².